The maximum absolute atomic E-state index is 3.61. The van der Waals surface area contributed by atoms with Crippen LogP contribution in [0.15, 0.2) is 41.8 Å². The van der Waals surface area contributed by atoms with Crippen molar-refractivity contribution in [3.63, 3.8) is 0 Å². The summed E-state index contributed by atoms with van der Waals surface area (Å²) in [5.74, 6) is 0. The van der Waals surface area contributed by atoms with Crippen LogP contribution in [0.3, 0.4) is 0 Å². The summed E-state index contributed by atoms with van der Waals surface area (Å²) in [7, 11) is 0. The van der Waals surface area contributed by atoms with Crippen LogP contribution in [-0.4, -0.2) is 19.6 Å². The van der Waals surface area contributed by atoms with E-state index in [2.05, 4.69) is 58.9 Å². The van der Waals surface area contributed by atoms with E-state index in [1.54, 1.807) is 0 Å². The molecule has 3 heteroatoms. The number of benzene rings is 1. The van der Waals surface area contributed by atoms with Crippen LogP contribution in [0.2, 0.25) is 0 Å². The first-order valence-corrected chi connectivity index (χ1v) is 7.82. The van der Waals surface area contributed by atoms with Gasteiger partial charge in [0.05, 0.1) is 0 Å². The molecule has 2 heterocycles. The molecule has 3 rings (SSSR count). The van der Waals surface area contributed by atoms with Crippen LogP contribution in [0.25, 0.3) is 0 Å². The first-order valence-electron chi connectivity index (χ1n) is 6.94. The minimum atomic E-state index is 0.456. The summed E-state index contributed by atoms with van der Waals surface area (Å²) in [4.78, 5) is 3.91. The Bertz CT molecular complexity index is 521. The molecule has 1 atom stereocenters. The highest BCUT2D eigenvalue weighted by atomic mass is 32.1. The van der Waals surface area contributed by atoms with Gasteiger partial charge in [-0.05, 0) is 36.4 Å². The average Bonchev–Trinajstić information content (AvgIpc) is 3.08. The molecule has 0 saturated heterocycles. The van der Waals surface area contributed by atoms with E-state index in [4.69, 9.17) is 0 Å². The Morgan fingerprint density at radius 2 is 2.16 bits per heavy atom. The van der Waals surface area contributed by atoms with Gasteiger partial charge in [0.1, 0.15) is 0 Å². The van der Waals surface area contributed by atoms with E-state index in [0.29, 0.717) is 6.04 Å². The summed E-state index contributed by atoms with van der Waals surface area (Å²) in [5, 5.41) is 5.75. The van der Waals surface area contributed by atoms with Crippen molar-refractivity contribution in [2.75, 3.05) is 24.5 Å². The summed E-state index contributed by atoms with van der Waals surface area (Å²) in [6, 6.07) is 13.5. The van der Waals surface area contributed by atoms with Crippen molar-refractivity contribution >= 4 is 17.0 Å². The van der Waals surface area contributed by atoms with E-state index >= 15 is 0 Å². The summed E-state index contributed by atoms with van der Waals surface area (Å²) in [6.07, 6.45) is 1.19. The fourth-order valence-electron chi connectivity index (χ4n) is 2.69. The molecule has 0 aliphatic carbocycles. The Morgan fingerprint density at radius 1 is 1.26 bits per heavy atom. The van der Waals surface area contributed by atoms with Gasteiger partial charge in [-0.1, -0.05) is 24.3 Å². The second kappa shape index (κ2) is 5.76. The van der Waals surface area contributed by atoms with E-state index < -0.39 is 0 Å². The largest absolute Gasteiger partial charge is 0.370 e. The fourth-order valence-corrected chi connectivity index (χ4v) is 3.45. The molecule has 0 fully saturated rings. The molecule has 0 saturated carbocycles. The Kier molecular flexibility index (Phi) is 3.85. The molecule has 1 aliphatic rings. The maximum Gasteiger partial charge on any atom is 0.0399 e. The van der Waals surface area contributed by atoms with Crippen molar-refractivity contribution in [2.24, 2.45) is 0 Å². The molecule has 0 amide bonds. The lowest BCUT2D eigenvalue weighted by Gasteiger charge is -2.21. The van der Waals surface area contributed by atoms with E-state index in [9.17, 15) is 0 Å². The molecule has 1 unspecified atom stereocenters. The predicted molar refractivity (Wildman–Crippen MR) is 83.1 cm³/mol. The average molecular weight is 272 g/mol. The van der Waals surface area contributed by atoms with Gasteiger partial charge in [-0.2, -0.15) is 0 Å². The third kappa shape index (κ3) is 2.82. The minimum absolute atomic E-state index is 0.456. The van der Waals surface area contributed by atoms with Crippen LogP contribution in [0, 0.1) is 0 Å². The zero-order valence-electron chi connectivity index (χ0n) is 11.3. The van der Waals surface area contributed by atoms with Crippen LogP contribution in [0.5, 0.6) is 0 Å². The molecule has 0 bridgehead atoms. The van der Waals surface area contributed by atoms with Gasteiger partial charge < -0.3 is 10.2 Å². The highest BCUT2D eigenvalue weighted by Crippen LogP contribution is 2.26. The highest BCUT2D eigenvalue weighted by Gasteiger charge is 2.17. The zero-order chi connectivity index (χ0) is 13.1. The van der Waals surface area contributed by atoms with Crippen molar-refractivity contribution < 1.29 is 0 Å². The van der Waals surface area contributed by atoms with Gasteiger partial charge in [-0.25, -0.2) is 0 Å². The molecule has 2 nitrogen and oxygen atoms in total. The second-order valence-corrected chi connectivity index (χ2v) is 6.04. The Labute approximate surface area is 119 Å². The number of thiophene rings is 1. The third-order valence-electron chi connectivity index (χ3n) is 3.79. The van der Waals surface area contributed by atoms with Crippen molar-refractivity contribution in [3.8, 4) is 0 Å². The monoisotopic (exact) mass is 272 g/mol. The number of anilines is 1. The molecule has 0 spiro atoms. The van der Waals surface area contributed by atoms with Crippen molar-refractivity contribution in [1.29, 1.82) is 0 Å². The van der Waals surface area contributed by atoms with Crippen molar-refractivity contribution in [1.82, 2.24) is 5.32 Å². The van der Waals surface area contributed by atoms with Gasteiger partial charge in [-0.15, -0.1) is 11.3 Å². The van der Waals surface area contributed by atoms with E-state index in [1.165, 1.54) is 22.5 Å². The SMILES string of the molecule is CC(NCCN1CCc2ccccc21)c1cccs1. The van der Waals surface area contributed by atoms with Gasteiger partial charge in [0.15, 0.2) is 0 Å². The van der Waals surface area contributed by atoms with E-state index in [1.807, 2.05) is 11.3 Å². The van der Waals surface area contributed by atoms with Crippen LogP contribution in [0.4, 0.5) is 5.69 Å². The Balaban J connectivity index is 1.51. The molecule has 0 radical (unpaired) electrons. The Morgan fingerprint density at radius 3 is 3.00 bits per heavy atom. The van der Waals surface area contributed by atoms with Gasteiger partial charge in [0.25, 0.3) is 0 Å². The smallest absolute Gasteiger partial charge is 0.0399 e. The first-order chi connectivity index (χ1) is 9.34. The van der Waals surface area contributed by atoms with Crippen LogP contribution >= 0.6 is 11.3 Å². The summed E-state index contributed by atoms with van der Waals surface area (Å²) < 4.78 is 0. The van der Waals surface area contributed by atoms with Crippen molar-refractivity contribution in [2.45, 2.75) is 19.4 Å². The van der Waals surface area contributed by atoms with E-state index in [-0.39, 0.29) is 0 Å². The standard InChI is InChI=1S/C16H20N2S/c1-13(16-7-4-12-19-16)17-9-11-18-10-8-14-5-2-3-6-15(14)18/h2-7,12-13,17H,8-11H2,1H3. The molecule has 1 aromatic carbocycles. The lowest BCUT2D eigenvalue weighted by molar-refractivity contribution is 0.579. The Hall–Kier alpha value is -1.32. The van der Waals surface area contributed by atoms with Gasteiger partial charge in [0.2, 0.25) is 0 Å². The maximum atomic E-state index is 3.61. The normalized spacial score (nSPS) is 15.5. The molecular formula is C16H20N2S. The summed E-state index contributed by atoms with van der Waals surface area (Å²) in [6.45, 7) is 5.53. The number of nitrogens with one attached hydrogen (secondary N) is 1. The van der Waals surface area contributed by atoms with Crippen molar-refractivity contribution in [3.05, 3.63) is 52.2 Å². The van der Waals surface area contributed by atoms with Gasteiger partial charge in [0, 0.05) is 36.2 Å². The summed E-state index contributed by atoms with van der Waals surface area (Å²) in [5.41, 5.74) is 2.92. The van der Waals surface area contributed by atoms with Crippen LogP contribution < -0.4 is 10.2 Å². The van der Waals surface area contributed by atoms with Crippen LogP contribution in [-0.2, 0) is 6.42 Å². The predicted octanol–water partition coefficient (Wildman–Crippen LogP) is 3.46. The number of hydrogen-bond donors (Lipinski definition) is 1. The lowest BCUT2D eigenvalue weighted by Crippen LogP contribution is -2.31. The van der Waals surface area contributed by atoms with Crippen LogP contribution in [0.1, 0.15) is 23.4 Å². The van der Waals surface area contributed by atoms with Gasteiger partial charge >= 0.3 is 0 Å². The zero-order valence-corrected chi connectivity index (χ0v) is 12.1. The molecule has 1 N–H and O–H groups in total. The first kappa shape index (κ1) is 12.7. The molecular weight excluding hydrogens is 252 g/mol. The molecule has 2 aromatic rings. The molecule has 19 heavy (non-hydrogen) atoms. The number of fused-ring (bicyclic) bond motifs is 1. The number of rotatable bonds is 5. The number of nitrogens with zero attached hydrogens (tertiary/aromatic N) is 1. The second-order valence-electron chi connectivity index (χ2n) is 5.06. The third-order valence-corrected chi connectivity index (χ3v) is 4.84. The minimum Gasteiger partial charge on any atom is -0.370 e. The molecule has 1 aromatic heterocycles. The fraction of sp³-hybridized carbons (Fsp3) is 0.375. The molecule has 100 valence electrons. The lowest BCUT2D eigenvalue weighted by atomic mass is 10.2. The number of para-hydroxylation sites is 1. The number of hydrogen-bond acceptors (Lipinski definition) is 3. The van der Waals surface area contributed by atoms with Gasteiger partial charge in [-0.3, -0.25) is 0 Å². The highest BCUT2D eigenvalue weighted by molar-refractivity contribution is 7.10. The topological polar surface area (TPSA) is 15.3 Å². The quantitative estimate of drug-likeness (QED) is 0.896. The van der Waals surface area contributed by atoms with E-state index in [0.717, 1.165) is 19.6 Å². The molecule has 1 aliphatic heterocycles. The summed E-state index contributed by atoms with van der Waals surface area (Å²) >= 11 is 1.83.